The third-order valence-electron chi connectivity index (χ3n) is 6.93. The Kier molecular flexibility index (Phi) is 6.66. The summed E-state index contributed by atoms with van der Waals surface area (Å²) < 4.78 is 14.8. The monoisotopic (exact) mass is 535 g/mol. The molecule has 1 aromatic carbocycles. The lowest BCUT2D eigenvalue weighted by Gasteiger charge is -2.36. The van der Waals surface area contributed by atoms with Crippen LogP contribution in [0.1, 0.15) is 26.7 Å². The van der Waals surface area contributed by atoms with E-state index in [9.17, 15) is 19.1 Å². The summed E-state index contributed by atoms with van der Waals surface area (Å²) in [5, 5.41) is 9.92. The van der Waals surface area contributed by atoms with E-state index < -0.39 is 23.2 Å². The fraction of sp³-hybridized carbons (Fsp3) is 0.308. The summed E-state index contributed by atoms with van der Waals surface area (Å²) in [5.74, 6) is -0.667. The highest BCUT2D eigenvalue weighted by atomic mass is 32.1. The molecule has 38 heavy (non-hydrogen) atoms. The molecule has 10 nitrogen and oxygen atoms in total. The summed E-state index contributed by atoms with van der Waals surface area (Å²) in [6.45, 7) is 5.04. The standard InChI is InChI=1S/C26H26FN7O3S/c1-3-34(23(28)37)25-32-20-11-15(10-18(21(20)38-25)19-12-17(27)4-7-29-19)16-13-30-24(31-14-16)33-8-5-26(2,6-9-33)22(35)36/h4,7,10-14H,3,5-6,8-9H2,1-2H3,(H2,28,37)(H,35,36). The van der Waals surface area contributed by atoms with Crippen molar-refractivity contribution in [2.45, 2.75) is 26.7 Å². The van der Waals surface area contributed by atoms with Crippen molar-refractivity contribution >= 4 is 44.6 Å². The van der Waals surface area contributed by atoms with Crippen molar-refractivity contribution in [2.24, 2.45) is 11.1 Å². The number of piperidine rings is 1. The Morgan fingerprint density at radius 2 is 1.87 bits per heavy atom. The largest absolute Gasteiger partial charge is 0.481 e. The maximum absolute atomic E-state index is 14.1. The number of carbonyl (C=O) groups is 2. The minimum absolute atomic E-state index is 0.354. The average Bonchev–Trinajstić information content (AvgIpc) is 3.32. The van der Waals surface area contributed by atoms with Crippen LogP contribution < -0.4 is 15.5 Å². The Hall–Kier alpha value is -4.19. The van der Waals surface area contributed by atoms with Gasteiger partial charge in [-0.2, -0.15) is 0 Å². The number of primary amides is 1. The average molecular weight is 536 g/mol. The molecule has 12 heteroatoms. The molecule has 0 radical (unpaired) electrons. The number of benzene rings is 1. The number of pyridine rings is 1. The van der Waals surface area contributed by atoms with Gasteiger partial charge in [-0.3, -0.25) is 14.7 Å². The summed E-state index contributed by atoms with van der Waals surface area (Å²) in [5.41, 5.74) is 7.98. The number of carboxylic acids is 1. The number of aliphatic carboxylic acids is 1. The van der Waals surface area contributed by atoms with Gasteiger partial charge in [-0.25, -0.2) is 24.1 Å². The lowest BCUT2D eigenvalue weighted by Crippen LogP contribution is -2.43. The zero-order chi connectivity index (χ0) is 27.0. The van der Waals surface area contributed by atoms with E-state index in [0.29, 0.717) is 60.3 Å². The van der Waals surface area contributed by atoms with Gasteiger partial charge in [0.25, 0.3) is 0 Å². The van der Waals surface area contributed by atoms with Gasteiger partial charge in [-0.05, 0) is 50.5 Å². The van der Waals surface area contributed by atoms with Crippen molar-refractivity contribution in [3.63, 3.8) is 0 Å². The van der Waals surface area contributed by atoms with E-state index in [1.165, 1.54) is 34.6 Å². The minimum Gasteiger partial charge on any atom is -0.481 e. The molecule has 2 amide bonds. The zero-order valence-electron chi connectivity index (χ0n) is 20.9. The van der Waals surface area contributed by atoms with Crippen LogP contribution in [0.3, 0.4) is 0 Å². The lowest BCUT2D eigenvalue weighted by molar-refractivity contribution is -0.149. The molecule has 196 valence electrons. The second-order valence-corrected chi connectivity index (χ2v) is 10.4. The molecule has 3 aromatic heterocycles. The molecule has 4 heterocycles. The van der Waals surface area contributed by atoms with Crippen molar-refractivity contribution in [3.8, 4) is 22.4 Å². The highest BCUT2D eigenvalue weighted by molar-refractivity contribution is 7.23. The Bertz CT molecular complexity index is 1520. The van der Waals surface area contributed by atoms with E-state index >= 15 is 0 Å². The molecule has 0 spiro atoms. The van der Waals surface area contributed by atoms with Gasteiger partial charge < -0.3 is 15.7 Å². The second-order valence-electron chi connectivity index (χ2n) is 9.43. The maximum atomic E-state index is 14.1. The number of aromatic nitrogens is 4. The van der Waals surface area contributed by atoms with Gasteiger partial charge >= 0.3 is 12.0 Å². The van der Waals surface area contributed by atoms with Gasteiger partial charge in [-0.1, -0.05) is 11.3 Å². The molecule has 1 aliphatic rings. The number of rotatable bonds is 6. The summed E-state index contributed by atoms with van der Waals surface area (Å²) in [4.78, 5) is 44.9. The molecule has 5 rings (SSSR count). The van der Waals surface area contributed by atoms with Crippen LogP contribution in [-0.2, 0) is 4.79 Å². The first-order valence-corrected chi connectivity index (χ1v) is 12.9. The normalized spacial score (nSPS) is 15.0. The summed E-state index contributed by atoms with van der Waals surface area (Å²) in [6.07, 6.45) is 5.83. The first kappa shape index (κ1) is 25.5. The van der Waals surface area contributed by atoms with Crippen molar-refractivity contribution < 1.29 is 19.1 Å². The number of urea groups is 1. The fourth-order valence-corrected chi connectivity index (χ4v) is 5.62. The first-order valence-electron chi connectivity index (χ1n) is 12.1. The molecule has 3 N–H and O–H groups in total. The highest BCUT2D eigenvalue weighted by Gasteiger charge is 2.37. The number of amides is 2. The van der Waals surface area contributed by atoms with Gasteiger partial charge in [0, 0.05) is 55.4 Å². The molecule has 1 fully saturated rings. The number of nitrogens with zero attached hydrogens (tertiary/aromatic N) is 6. The van der Waals surface area contributed by atoms with Gasteiger partial charge in [0.1, 0.15) is 5.82 Å². The molecule has 0 aliphatic carbocycles. The predicted molar refractivity (Wildman–Crippen MR) is 144 cm³/mol. The highest BCUT2D eigenvalue weighted by Crippen LogP contribution is 2.39. The Balaban J connectivity index is 1.52. The van der Waals surface area contributed by atoms with Crippen LogP contribution in [0, 0.1) is 11.2 Å². The molecule has 1 aliphatic heterocycles. The van der Waals surface area contributed by atoms with E-state index in [-0.39, 0.29) is 0 Å². The first-order chi connectivity index (χ1) is 18.2. The number of anilines is 2. The zero-order valence-corrected chi connectivity index (χ0v) is 21.7. The van der Waals surface area contributed by atoms with Crippen LogP contribution in [0.25, 0.3) is 32.6 Å². The van der Waals surface area contributed by atoms with E-state index in [2.05, 4.69) is 19.9 Å². The number of carbonyl (C=O) groups excluding carboxylic acids is 1. The van der Waals surface area contributed by atoms with Crippen LogP contribution in [-0.4, -0.2) is 56.7 Å². The number of hydrogen-bond acceptors (Lipinski definition) is 8. The van der Waals surface area contributed by atoms with E-state index in [4.69, 9.17) is 5.73 Å². The smallest absolute Gasteiger partial charge is 0.321 e. The minimum atomic E-state index is -0.782. The molecule has 0 bridgehead atoms. The van der Waals surface area contributed by atoms with Crippen LogP contribution in [0.15, 0.2) is 42.9 Å². The van der Waals surface area contributed by atoms with Gasteiger partial charge in [0.15, 0.2) is 5.13 Å². The van der Waals surface area contributed by atoms with Crippen molar-refractivity contribution in [3.05, 3.63) is 48.7 Å². The second kappa shape index (κ2) is 9.93. The number of fused-ring (bicyclic) bond motifs is 1. The van der Waals surface area contributed by atoms with E-state index in [0.717, 1.165) is 15.8 Å². The number of nitrogens with two attached hydrogens (primary N) is 1. The summed E-state index contributed by atoms with van der Waals surface area (Å²) in [7, 11) is 0. The van der Waals surface area contributed by atoms with Crippen LogP contribution in [0.4, 0.5) is 20.3 Å². The number of carboxylic acid groups (broad SMARTS) is 1. The van der Waals surface area contributed by atoms with Crippen LogP contribution in [0.5, 0.6) is 0 Å². The Morgan fingerprint density at radius 1 is 1.16 bits per heavy atom. The lowest BCUT2D eigenvalue weighted by atomic mass is 9.80. The molecule has 0 saturated carbocycles. The van der Waals surface area contributed by atoms with Crippen LogP contribution >= 0.6 is 11.3 Å². The van der Waals surface area contributed by atoms with Gasteiger partial charge in [-0.15, -0.1) is 0 Å². The number of halogens is 1. The quantitative estimate of drug-likeness (QED) is 0.367. The van der Waals surface area contributed by atoms with E-state index in [1.807, 2.05) is 17.0 Å². The molecular formula is C26H26FN7O3S. The van der Waals surface area contributed by atoms with Crippen molar-refractivity contribution in [1.29, 1.82) is 0 Å². The van der Waals surface area contributed by atoms with Gasteiger partial charge in [0.05, 0.1) is 21.3 Å². The molecule has 0 atom stereocenters. The molecule has 4 aromatic rings. The summed E-state index contributed by atoms with van der Waals surface area (Å²) in [6, 6.07) is 5.77. The maximum Gasteiger partial charge on any atom is 0.321 e. The molecule has 0 unspecified atom stereocenters. The third-order valence-corrected chi connectivity index (χ3v) is 8.05. The summed E-state index contributed by atoms with van der Waals surface area (Å²) >= 11 is 1.28. The Morgan fingerprint density at radius 3 is 2.47 bits per heavy atom. The number of hydrogen-bond donors (Lipinski definition) is 2. The topological polar surface area (TPSA) is 138 Å². The van der Waals surface area contributed by atoms with Gasteiger partial charge in [0.2, 0.25) is 5.95 Å². The van der Waals surface area contributed by atoms with E-state index in [1.54, 1.807) is 26.2 Å². The third kappa shape index (κ3) is 4.74. The fourth-order valence-electron chi connectivity index (χ4n) is 4.48. The molecular weight excluding hydrogens is 509 g/mol. The van der Waals surface area contributed by atoms with Crippen molar-refractivity contribution in [1.82, 2.24) is 19.9 Å². The predicted octanol–water partition coefficient (Wildman–Crippen LogP) is 4.55. The number of thiazole rings is 1. The Labute approximate surface area is 222 Å². The van der Waals surface area contributed by atoms with Crippen molar-refractivity contribution in [2.75, 3.05) is 29.4 Å². The molecule has 1 saturated heterocycles. The van der Waals surface area contributed by atoms with Crippen LogP contribution in [0.2, 0.25) is 0 Å². The SMILES string of the molecule is CCN(C(N)=O)c1nc2cc(-c3cnc(N4CCC(C)(C(=O)O)CC4)nc3)cc(-c3cc(F)ccn3)c2s1.